The Morgan fingerprint density at radius 3 is 2.46 bits per heavy atom. The Bertz CT molecular complexity index is 169. The van der Waals surface area contributed by atoms with Gasteiger partial charge in [0.25, 0.3) is 6.43 Å². The molecule has 0 aromatic carbocycles. The molecule has 0 radical (unpaired) electrons. The fourth-order valence-corrected chi connectivity index (χ4v) is 1.08. The Hall–Kier alpha value is -0.330. The van der Waals surface area contributed by atoms with Gasteiger partial charge in [-0.1, -0.05) is 12.2 Å². The van der Waals surface area contributed by atoms with Crippen molar-refractivity contribution in [1.29, 1.82) is 0 Å². The van der Waals surface area contributed by atoms with Gasteiger partial charge in [-0.25, -0.2) is 8.78 Å². The van der Waals surface area contributed by atoms with Crippen LogP contribution in [0.5, 0.6) is 0 Å². The molecule has 0 bridgehead atoms. The largest absolute Gasteiger partial charge is 0.395 e. The number of nitrogens with zero attached hydrogens (tertiary/aromatic N) is 1. The Labute approximate surface area is 81.5 Å². The van der Waals surface area contributed by atoms with Crippen LogP contribution in [0.1, 0.15) is 6.92 Å². The molecule has 0 saturated carbocycles. The first-order valence-electron chi connectivity index (χ1n) is 3.91. The highest BCUT2D eigenvalue weighted by atomic mass is 32.1. The average Bonchev–Trinajstić information content (AvgIpc) is 2.01. The SMILES string of the molecule is CC(C(N)=S)N(CCO)CC(F)F. The van der Waals surface area contributed by atoms with Crippen molar-refractivity contribution in [2.24, 2.45) is 5.73 Å². The van der Waals surface area contributed by atoms with Crippen LogP contribution >= 0.6 is 12.2 Å². The molecule has 0 aromatic rings. The summed E-state index contributed by atoms with van der Waals surface area (Å²) in [5.74, 6) is 0. The van der Waals surface area contributed by atoms with Crippen LogP contribution in [-0.4, -0.2) is 47.2 Å². The first-order valence-corrected chi connectivity index (χ1v) is 4.32. The van der Waals surface area contributed by atoms with E-state index in [2.05, 4.69) is 12.2 Å². The molecule has 1 unspecified atom stereocenters. The lowest BCUT2D eigenvalue weighted by Gasteiger charge is -2.26. The smallest absolute Gasteiger partial charge is 0.251 e. The van der Waals surface area contributed by atoms with Crippen LogP contribution in [0.2, 0.25) is 0 Å². The summed E-state index contributed by atoms with van der Waals surface area (Å²) in [5, 5.41) is 8.61. The number of hydrogen-bond donors (Lipinski definition) is 2. The number of rotatable bonds is 6. The van der Waals surface area contributed by atoms with Crippen molar-refractivity contribution >= 4 is 17.2 Å². The maximum absolute atomic E-state index is 12.0. The van der Waals surface area contributed by atoms with E-state index < -0.39 is 19.0 Å². The van der Waals surface area contributed by atoms with Crippen LogP contribution in [0, 0.1) is 0 Å². The third-order valence-corrected chi connectivity index (χ3v) is 2.06. The van der Waals surface area contributed by atoms with E-state index >= 15 is 0 Å². The quantitative estimate of drug-likeness (QED) is 0.618. The second-order valence-electron chi connectivity index (χ2n) is 2.69. The van der Waals surface area contributed by atoms with Crippen molar-refractivity contribution < 1.29 is 13.9 Å². The summed E-state index contributed by atoms with van der Waals surface area (Å²) < 4.78 is 24.0. The maximum Gasteiger partial charge on any atom is 0.251 e. The van der Waals surface area contributed by atoms with Crippen LogP contribution in [0.3, 0.4) is 0 Å². The highest BCUT2D eigenvalue weighted by Crippen LogP contribution is 2.03. The van der Waals surface area contributed by atoms with E-state index in [4.69, 9.17) is 10.8 Å². The zero-order chi connectivity index (χ0) is 10.4. The number of aliphatic hydroxyl groups is 1. The Kier molecular flexibility index (Phi) is 6.02. The number of hydrogen-bond acceptors (Lipinski definition) is 3. The van der Waals surface area contributed by atoms with Crippen LogP contribution in [0.15, 0.2) is 0 Å². The highest BCUT2D eigenvalue weighted by Gasteiger charge is 2.19. The van der Waals surface area contributed by atoms with E-state index in [-0.39, 0.29) is 18.1 Å². The third-order valence-electron chi connectivity index (χ3n) is 1.72. The number of thiocarbonyl (C=S) groups is 1. The van der Waals surface area contributed by atoms with E-state index in [0.717, 1.165) is 0 Å². The number of halogens is 2. The van der Waals surface area contributed by atoms with Gasteiger partial charge in [0.2, 0.25) is 0 Å². The molecule has 0 fully saturated rings. The van der Waals surface area contributed by atoms with Crippen molar-refractivity contribution in [2.45, 2.75) is 19.4 Å². The molecule has 0 aliphatic rings. The molecule has 0 saturated heterocycles. The minimum Gasteiger partial charge on any atom is -0.395 e. The van der Waals surface area contributed by atoms with Crippen molar-refractivity contribution in [2.75, 3.05) is 19.7 Å². The van der Waals surface area contributed by atoms with E-state index in [9.17, 15) is 8.78 Å². The molecule has 1 atom stereocenters. The highest BCUT2D eigenvalue weighted by molar-refractivity contribution is 7.80. The first-order chi connectivity index (χ1) is 5.99. The monoisotopic (exact) mass is 212 g/mol. The number of nitrogens with two attached hydrogens (primary N) is 1. The molecule has 13 heavy (non-hydrogen) atoms. The van der Waals surface area contributed by atoms with Gasteiger partial charge in [0, 0.05) is 6.54 Å². The van der Waals surface area contributed by atoms with Crippen molar-refractivity contribution in [3.63, 3.8) is 0 Å². The fourth-order valence-electron chi connectivity index (χ4n) is 0.929. The van der Waals surface area contributed by atoms with E-state index in [1.54, 1.807) is 6.92 Å². The van der Waals surface area contributed by atoms with Gasteiger partial charge >= 0.3 is 0 Å². The molecular formula is C7H14F2N2OS. The van der Waals surface area contributed by atoms with Gasteiger partial charge in [-0.3, -0.25) is 4.90 Å². The van der Waals surface area contributed by atoms with Gasteiger partial charge in [0.05, 0.1) is 24.2 Å². The molecular weight excluding hydrogens is 198 g/mol. The Morgan fingerprint density at radius 2 is 2.15 bits per heavy atom. The zero-order valence-electron chi connectivity index (χ0n) is 7.41. The van der Waals surface area contributed by atoms with Crippen LogP contribution in [-0.2, 0) is 0 Å². The summed E-state index contributed by atoms with van der Waals surface area (Å²) in [6.45, 7) is 1.20. The van der Waals surface area contributed by atoms with Gasteiger partial charge in [-0.15, -0.1) is 0 Å². The molecule has 0 aliphatic heterocycles. The summed E-state index contributed by atoms with van der Waals surface area (Å²) in [6, 6.07) is -0.406. The summed E-state index contributed by atoms with van der Waals surface area (Å²) in [5.41, 5.74) is 5.31. The molecule has 0 amide bonds. The van der Waals surface area contributed by atoms with Gasteiger partial charge < -0.3 is 10.8 Å². The van der Waals surface area contributed by atoms with Crippen LogP contribution < -0.4 is 5.73 Å². The van der Waals surface area contributed by atoms with Crippen LogP contribution in [0.25, 0.3) is 0 Å². The number of alkyl halides is 2. The second kappa shape index (κ2) is 6.17. The lowest BCUT2D eigenvalue weighted by atomic mass is 10.3. The van der Waals surface area contributed by atoms with Gasteiger partial charge in [0.1, 0.15) is 0 Å². The standard InChI is InChI=1S/C7H14F2N2OS/c1-5(7(10)13)11(2-3-12)4-6(8)9/h5-6,12H,2-4H2,1H3,(H2,10,13). The molecule has 6 heteroatoms. The lowest BCUT2D eigenvalue weighted by molar-refractivity contribution is 0.0720. The Balaban J connectivity index is 4.14. The van der Waals surface area contributed by atoms with Gasteiger partial charge in [-0.05, 0) is 6.92 Å². The zero-order valence-corrected chi connectivity index (χ0v) is 8.23. The molecule has 0 aromatic heterocycles. The molecule has 0 heterocycles. The van der Waals surface area contributed by atoms with Crippen molar-refractivity contribution in [3.05, 3.63) is 0 Å². The minimum atomic E-state index is -2.44. The van der Waals surface area contributed by atoms with Gasteiger partial charge in [0.15, 0.2) is 0 Å². The van der Waals surface area contributed by atoms with E-state index in [1.165, 1.54) is 4.90 Å². The van der Waals surface area contributed by atoms with Crippen LogP contribution in [0.4, 0.5) is 8.78 Å². The first kappa shape index (κ1) is 12.7. The van der Waals surface area contributed by atoms with E-state index in [1.807, 2.05) is 0 Å². The molecule has 0 rings (SSSR count). The molecule has 0 aliphatic carbocycles. The molecule has 3 N–H and O–H groups in total. The molecule has 78 valence electrons. The number of aliphatic hydroxyl groups excluding tert-OH is 1. The van der Waals surface area contributed by atoms with Crippen molar-refractivity contribution in [1.82, 2.24) is 4.90 Å². The molecule has 3 nitrogen and oxygen atoms in total. The Morgan fingerprint density at radius 1 is 1.62 bits per heavy atom. The maximum atomic E-state index is 12.0. The fraction of sp³-hybridized carbons (Fsp3) is 0.857. The predicted octanol–water partition coefficient (Wildman–Crippen LogP) is 0.220. The summed E-state index contributed by atoms with van der Waals surface area (Å²) in [4.78, 5) is 1.52. The van der Waals surface area contributed by atoms with Gasteiger partial charge in [-0.2, -0.15) is 0 Å². The van der Waals surface area contributed by atoms with E-state index in [0.29, 0.717) is 0 Å². The summed E-state index contributed by atoms with van der Waals surface area (Å²) >= 11 is 4.67. The predicted molar refractivity (Wildman–Crippen MR) is 50.9 cm³/mol. The average molecular weight is 212 g/mol. The molecule has 0 spiro atoms. The lowest BCUT2D eigenvalue weighted by Crippen LogP contribution is -2.45. The normalized spacial score (nSPS) is 13.7. The summed E-state index contributed by atoms with van der Waals surface area (Å²) in [6.07, 6.45) is -2.44. The minimum absolute atomic E-state index is 0.156. The summed E-state index contributed by atoms with van der Waals surface area (Å²) in [7, 11) is 0. The topological polar surface area (TPSA) is 49.5 Å². The van der Waals surface area contributed by atoms with Crippen molar-refractivity contribution in [3.8, 4) is 0 Å². The third kappa shape index (κ3) is 5.07. The second-order valence-corrected chi connectivity index (χ2v) is 3.16.